The summed E-state index contributed by atoms with van der Waals surface area (Å²) in [6.45, 7) is 4.76. The summed E-state index contributed by atoms with van der Waals surface area (Å²) in [5.41, 5.74) is 0. The van der Waals surface area contributed by atoms with Gasteiger partial charge in [0.1, 0.15) is 0 Å². The molecule has 0 bridgehead atoms. The molecule has 2 unspecified atom stereocenters. The fourth-order valence-electron chi connectivity index (χ4n) is 2.57. The molecule has 0 aromatic rings. The highest BCUT2D eigenvalue weighted by Gasteiger charge is 2.29. The topological polar surface area (TPSA) is 12.0 Å². The second kappa shape index (κ2) is 4.00. The molecule has 13 heavy (non-hydrogen) atoms. The molecule has 2 aliphatic carbocycles. The number of rotatable bonds is 3. The highest BCUT2D eigenvalue weighted by Crippen LogP contribution is 2.31. The minimum absolute atomic E-state index is 0.855. The summed E-state index contributed by atoms with van der Waals surface area (Å²) in [5, 5.41) is 3.78. The molecule has 0 saturated heterocycles. The predicted octanol–water partition coefficient (Wildman–Crippen LogP) is 2.95. The van der Waals surface area contributed by atoms with Gasteiger partial charge in [0.05, 0.1) is 0 Å². The molecule has 1 heteroatoms. The lowest BCUT2D eigenvalue weighted by Gasteiger charge is -2.32. The first-order valence-electron chi connectivity index (χ1n) is 6.01. The molecule has 2 atom stereocenters. The molecule has 1 nitrogen and oxygen atoms in total. The Morgan fingerprint density at radius 2 is 1.77 bits per heavy atom. The van der Waals surface area contributed by atoms with E-state index < -0.39 is 0 Å². The van der Waals surface area contributed by atoms with E-state index in [0.717, 1.165) is 23.9 Å². The first kappa shape index (κ1) is 9.51. The van der Waals surface area contributed by atoms with Crippen molar-refractivity contribution in [3.8, 4) is 0 Å². The Hall–Kier alpha value is -0.0400. The fourth-order valence-corrected chi connectivity index (χ4v) is 2.57. The van der Waals surface area contributed by atoms with E-state index in [1.807, 2.05) is 0 Å². The van der Waals surface area contributed by atoms with Crippen LogP contribution in [0.5, 0.6) is 0 Å². The zero-order valence-corrected chi connectivity index (χ0v) is 9.05. The van der Waals surface area contributed by atoms with Crippen molar-refractivity contribution in [3.63, 3.8) is 0 Å². The third-order valence-electron chi connectivity index (χ3n) is 3.71. The van der Waals surface area contributed by atoms with Gasteiger partial charge in [-0.3, -0.25) is 0 Å². The van der Waals surface area contributed by atoms with Gasteiger partial charge in [0.25, 0.3) is 0 Å². The molecule has 2 fully saturated rings. The van der Waals surface area contributed by atoms with Crippen LogP contribution in [-0.4, -0.2) is 12.1 Å². The summed E-state index contributed by atoms with van der Waals surface area (Å²) in [6.07, 6.45) is 8.66. The van der Waals surface area contributed by atoms with Crippen molar-refractivity contribution in [3.05, 3.63) is 0 Å². The molecule has 0 radical (unpaired) electrons. The molecule has 0 spiro atoms. The average Bonchev–Trinajstić information content (AvgIpc) is 2.89. The maximum atomic E-state index is 3.78. The van der Waals surface area contributed by atoms with Crippen molar-refractivity contribution in [2.45, 2.75) is 64.5 Å². The van der Waals surface area contributed by atoms with Crippen LogP contribution in [0.15, 0.2) is 0 Å². The van der Waals surface area contributed by atoms with Crippen molar-refractivity contribution in [1.29, 1.82) is 0 Å². The SMILES string of the molecule is CC(C)C1CCCC(NC2CC2)C1. The van der Waals surface area contributed by atoms with Gasteiger partial charge in [-0.1, -0.05) is 26.7 Å². The smallest absolute Gasteiger partial charge is 0.00723 e. The van der Waals surface area contributed by atoms with E-state index in [2.05, 4.69) is 19.2 Å². The van der Waals surface area contributed by atoms with Crippen molar-refractivity contribution in [1.82, 2.24) is 5.32 Å². The molecule has 0 amide bonds. The lowest BCUT2D eigenvalue weighted by atomic mass is 9.79. The van der Waals surface area contributed by atoms with Crippen LogP contribution in [0.2, 0.25) is 0 Å². The first-order chi connectivity index (χ1) is 6.25. The molecular formula is C12H23N. The summed E-state index contributed by atoms with van der Waals surface area (Å²) >= 11 is 0. The Morgan fingerprint density at radius 1 is 1.00 bits per heavy atom. The van der Waals surface area contributed by atoms with Gasteiger partial charge in [0.2, 0.25) is 0 Å². The number of hydrogen-bond donors (Lipinski definition) is 1. The minimum atomic E-state index is 0.855. The standard InChI is InChI=1S/C12H23N/c1-9(2)10-4-3-5-12(8-10)13-11-6-7-11/h9-13H,3-8H2,1-2H3. The molecule has 0 heterocycles. The molecule has 0 aliphatic heterocycles. The molecule has 2 aliphatic rings. The molecule has 2 rings (SSSR count). The molecule has 0 aromatic carbocycles. The zero-order valence-electron chi connectivity index (χ0n) is 9.05. The van der Waals surface area contributed by atoms with E-state index in [9.17, 15) is 0 Å². The lowest BCUT2D eigenvalue weighted by Crippen LogP contribution is -2.36. The predicted molar refractivity (Wildman–Crippen MR) is 56.7 cm³/mol. The second-order valence-corrected chi connectivity index (χ2v) is 5.31. The maximum absolute atomic E-state index is 3.78. The zero-order chi connectivity index (χ0) is 9.26. The third kappa shape index (κ3) is 2.70. The van der Waals surface area contributed by atoms with Gasteiger partial charge >= 0.3 is 0 Å². The van der Waals surface area contributed by atoms with E-state index in [-0.39, 0.29) is 0 Å². The molecule has 0 aromatic heterocycles. The van der Waals surface area contributed by atoms with Gasteiger partial charge in [0, 0.05) is 12.1 Å². The van der Waals surface area contributed by atoms with Crippen LogP contribution in [0.3, 0.4) is 0 Å². The quantitative estimate of drug-likeness (QED) is 0.706. The lowest BCUT2D eigenvalue weighted by molar-refractivity contribution is 0.230. The van der Waals surface area contributed by atoms with Crippen LogP contribution in [-0.2, 0) is 0 Å². The first-order valence-corrected chi connectivity index (χ1v) is 6.01. The van der Waals surface area contributed by atoms with Crippen LogP contribution in [0.4, 0.5) is 0 Å². The third-order valence-corrected chi connectivity index (χ3v) is 3.71. The van der Waals surface area contributed by atoms with Crippen LogP contribution in [0, 0.1) is 11.8 Å². The monoisotopic (exact) mass is 181 g/mol. The fraction of sp³-hybridized carbons (Fsp3) is 1.00. The number of hydrogen-bond acceptors (Lipinski definition) is 1. The largest absolute Gasteiger partial charge is 0.311 e. The molecule has 2 saturated carbocycles. The Kier molecular flexibility index (Phi) is 2.92. The van der Waals surface area contributed by atoms with Crippen molar-refractivity contribution in [2.75, 3.05) is 0 Å². The van der Waals surface area contributed by atoms with Gasteiger partial charge in [-0.15, -0.1) is 0 Å². The average molecular weight is 181 g/mol. The van der Waals surface area contributed by atoms with E-state index in [4.69, 9.17) is 0 Å². The van der Waals surface area contributed by atoms with Crippen molar-refractivity contribution in [2.24, 2.45) is 11.8 Å². The van der Waals surface area contributed by atoms with E-state index in [1.165, 1.54) is 38.5 Å². The van der Waals surface area contributed by atoms with Crippen molar-refractivity contribution >= 4 is 0 Å². The summed E-state index contributed by atoms with van der Waals surface area (Å²) in [6, 6.07) is 1.75. The van der Waals surface area contributed by atoms with Crippen LogP contribution in [0.1, 0.15) is 52.4 Å². The minimum Gasteiger partial charge on any atom is -0.311 e. The van der Waals surface area contributed by atoms with Crippen LogP contribution < -0.4 is 5.32 Å². The Balaban J connectivity index is 1.77. The molecular weight excluding hydrogens is 158 g/mol. The van der Waals surface area contributed by atoms with Crippen LogP contribution in [0.25, 0.3) is 0 Å². The second-order valence-electron chi connectivity index (χ2n) is 5.31. The van der Waals surface area contributed by atoms with Gasteiger partial charge in [-0.05, 0) is 37.5 Å². The van der Waals surface area contributed by atoms with E-state index in [0.29, 0.717) is 0 Å². The maximum Gasteiger partial charge on any atom is 0.00723 e. The van der Waals surface area contributed by atoms with Crippen LogP contribution >= 0.6 is 0 Å². The van der Waals surface area contributed by atoms with E-state index in [1.54, 1.807) is 0 Å². The summed E-state index contributed by atoms with van der Waals surface area (Å²) in [7, 11) is 0. The number of nitrogens with one attached hydrogen (secondary N) is 1. The van der Waals surface area contributed by atoms with Gasteiger partial charge < -0.3 is 5.32 Å². The summed E-state index contributed by atoms with van der Waals surface area (Å²) in [4.78, 5) is 0. The Morgan fingerprint density at radius 3 is 2.38 bits per heavy atom. The van der Waals surface area contributed by atoms with Crippen molar-refractivity contribution < 1.29 is 0 Å². The molecule has 76 valence electrons. The van der Waals surface area contributed by atoms with Gasteiger partial charge in [0.15, 0.2) is 0 Å². The summed E-state index contributed by atoms with van der Waals surface area (Å²) < 4.78 is 0. The normalized spacial score (nSPS) is 35.3. The molecule has 1 N–H and O–H groups in total. The highest BCUT2D eigenvalue weighted by molar-refractivity contribution is 4.88. The Labute approximate surface area is 82.3 Å². The van der Waals surface area contributed by atoms with Gasteiger partial charge in [-0.2, -0.15) is 0 Å². The van der Waals surface area contributed by atoms with E-state index >= 15 is 0 Å². The Bertz CT molecular complexity index is 161. The summed E-state index contributed by atoms with van der Waals surface area (Å²) in [5.74, 6) is 1.88. The van der Waals surface area contributed by atoms with Gasteiger partial charge in [-0.25, -0.2) is 0 Å². The highest BCUT2D eigenvalue weighted by atomic mass is 15.0.